The molecule has 218 valence electrons. The van der Waals surface area contributed by atoms with Crippen LogP contribution in [-0.2, 0) is 11.3 Å². The van der Waals surface area contributed by atoms with Crippen molar-refractivity contribution in [2.75, 3.05) is 20.3 Å². The molecular formula is C33H34N2O7. The predicted molar refractivity (Wildman–Crippen MR) is 157 cm³/mol. The summed E-state index contributed by atoms with van der Waals surface area (Å²) in [6, 6.07) is 14.9. The average molecular weight is 571 g/mol. The number of furan rings is 1. The molecule has 9 nitrogen and oxygen atoms in total. The van der Waals surface area contributed by atoms with Gasteiger partial charge >= 0.3 is 0 Å². The van der Waals surface area contributed by atoms with Crippen molar-refractivity contribution < 1.29 is 33.3 Å². The number of aromatic nitrogens is 1. The highest BCUT2D eigenvalue weighted by Gasteiger charge is 2.45. The lowest BCUT2D eigenvalue weighted by Crippen LogP contribution is -2.30. The molecule has 0 saturated carbocycles. The van der Waals surface area contributed by atoms with E-state index in [1.165, 1.54) is 12.0 Å². The maximum absolute atomic E-state index is 14.0. The third-order valence-electron chi connectivity index (χ3n) is 7.11. The number of carbonyl (C=O) groups is 2. The molecule has 2 aromatic carbocycles. The topological polar surface area (TPSA) is 111 Å². The zero-order valence-corrected chi connectivity index (χ0v) is 24.1. The Hall–Kier alpha value is -4.79. The van der Waals surface area contributed by atoms with Gasteiger partial charge in [0.1, 0.15) is 0 Å². The summed E-state index contributed by atoms with van der Waals surface area (Å²) in [4.78, 5) is 33.2. The van der Waals surface area contributed by atoms with Crippen molar-refractivity contribution in [3.8, 4) is 17.2 Å². The molecule has 1 N–H and O–H groups in total. The van der Waals surface area contributed by atoms with Gasteiger partial charge in [0.2, 0.25) is 5.78 Å². The Bertz CT molecular complexity index is 1620. The summed E-state index contributed by atoms with van der Waals surface area (Å²) in [5.74, 6) is 0.0760. The lowest BCUT2D eigenvalue weighted by Gasteiger charge is -2.27. The number of para-hydroxylation sites is 1. The third kappa shape index (κ3) is 5.68. The number of aliphatic hydroxyl groups is 1. The van der Waals surface area contributed by atoms with Crippen LogP contribution < -0.4 is 14.2 Å². The maximum Gasteiger partial charge on any atom is 0.290 e. The quantitative estimate of drug-likeness (QED) is 0.194. The van der Waals surface area contributed by atoms with Crippen molar-refractivity contribution in [2.24, 2.45) is 5.92 Å². The van der Waals surface area contributed by atoms with E-state index >= 15 is 0 Å². The van der Waals surface area contributed by atoms with Gasteiger partial charge < -0.3 is 28.6 Å². The second-order valence-corrected chi connectivity index (χ2v) is 10.4. The highest BCUT2D eigenvalue weighted by atomic mass is 16.5. The smallest absolute Gasteiger partial charge is 0.290 e. The van der Waals surface area contributed by atoms with Crippen molar-refractivity contribution in [1.82, 2.24) is 9.88 Å². The summed E-state index contributed by atoms with van der Waals surface area (Å²) in [6.07, 6.45) is 4.16. The molecule has 0 fully saturated rings. The maximum atomic E-state index is 14.0. The number of methoxy groups -OCH3 is 1. The van der Waals surface area contributed by atoms with Crippen LogP contribution in [0, 0.1) is 5.92 Å². The second kappa shape index (κ2) is 12.4. The van der Waals surface area contributed by atoms with E-state index < -0.39 is 23.5 Å². The molecule has 1 aliphatic heterocycles. The number of rotatable bonds is 12. The summed E-state index contributed by atoms with van der Waals surface area (Å²) >= 11 is 0. The van der Waals surface area contributed by atoms with E-state index in [4.69, 9.17) is 18.6 Å². The molecule has 1 atom stereocenters. The van der Waals surface area contributed by atoms with Gasteiger partial charge in [0.05, 0.1) is 31.9 Å². The zero-order chi connectivity index (χ0) is 29.8. The number of hydrogen-bond donors (Lipinski definition) is 1. The molecular weight excluding hydrogens is 536 g/mol. The Labute approximate surface area is 244 Å². The van der Waals surface area contributed by atoms with Gasteiger partial charge in [0.25, 0.3) is 5.91 Å². The number of carbonyl (C=O) groups excluding carboxylic acids is 2. The Morgan fingerprint density at radius 3 is 2.62 bits per heavy atom. The van der Waals surface area contributed by atoms with Gasteiger partial charge in [0, 0.05) is 24.3 Å². The van der Waals surface area contributed by atoms with Crippen LogP contribution in [-0.4, -0.2) is 47.0 Å². The number of ether oxygens (including phenoxy) is 3. The standard InChI is InChI=1S/C33H34N2O7/c1-5-40-26-16-22(11-12-24(26)41-15-13-20(2)3)29-28(31(37)33(38)35(29)19-21-8-7-14-34-18-21)30(36)27-17-23-9-6-10-25(39-4)32(23)42-27/h6-12,14,16-18,20,29,37H,5,13,15,19H2,1-4H3. The van der Waals surface area contributed by atoms with Crippen LogP contribution in [0.1, 0.15) is 54.9 Å². The summed E-state index contributed by atoms with van der Waals surface area (Å²) in [7, 11) is 1.52. The normalized spacial score (nSPS) is 15.1. The molecule has 1 aliphatic rings. The SMILES string of the molecule is CCOc1cc(C2C(C(=O)c3cc4cccc(OC)c4o3)=C(O)C(=O)N2Cc2cccnc2)ccc1OCCC(C)C. The van der Waals surface area contributed by atoms with Crippen molar-refractivity contribution >= 4 is 22.7 Å². The molecule has 2 aromatic heterocycles. The van der Waals surface area contributed by atoms with E-state index in [9.17, 15) is 14.7 Å². The molecule has 9 heteroatoms. The third-order valence-corrected chi connectivity index (χ3v) is 7.11. The Morgan fingerprint density at radius 1 is 1.07 bits per heavy atom. The molecule has 0 radical (unpaired) electrons. The Morgan fingerprint density at radius 2 is 1.90 bits per heavy atom. The number of nitrogens with zero attached hydrogens (tertiary/aromatic N) is 2. The number of amides is 1. The van der Waals surface area contributed by atoms with E-state index in [-0.39, 0.29) is 17.9 Å². The summed E-state index contributed by atoms with van der Waals surface area (Å²) < 4.78 is 23.2. The van der Waals surface area contributed by atoms with Crippen molar-refractivity contribution in [2.45, 2.75) is 39.8 Å². The van der Waals surface area contributed by atoms with Crippen LogP contribution in [0.5, 0.6) is 17.2 Å². The van der Waals surface area contributed by atoms with Crippen molar-refractivity contribution in [3.63, 3.8) is 0 Å². The van der Waals surface area contributed by atoms with Crippen molar-refractivity contribution in [3.05, 3.63) is 95.2 Å². The fourth-order valence-corrected chi connectivity index (χ4v) is 5.01. The molecule has 1 unspecified atom stereocenters. The second-order valence-electron chi connectivity index (χ2n) is 10.4. The predicted octanol–water partition coefficient (Wildman–Crippen LogP) is 6.44. The number of fused-ring (bicyclic) bond motifs is 1. The first-order valence-corrected chi connectivity index (χ1v) is 14.0. The molecule has 0 bridgehead atoms. The fourth-order valence-electron chi connectivity index (χ4n) is 5.01. The molecule has 3 heterocycles. The monoisotopic (exact) mass is 570 g/mol. The number of benzene rings is 2. The van der Waals surface area contributed by atoms with Gasteiger partial charge in [0.15, 0.2) is 34.4 Å². The highest BCUT2D eigenvalue weighted by Crippen LogP contribution is 2.43. The van der Waals surface area contributed by atoms with Crippen molar-refractivity contribution in [1.29, 1.82) is 0 Å². The molecule has 1 amide bonds. The largest absolute Gasteiger partial charge is 0.503 e. The van der Waals surface area contributed by atoms with E-state index in [0.717, 1.165) is 12.0 Å². The van der Waals surface area contributed by atoms with Crippen LogP contribution >= 0.6 is 0 Å². The van der Waals surface area contributed by atoms with Gasteiger partial charge in [-0.3, -0.25) is 14.6 Å². The minimum Gasteiger partial charge on any atom is -0.503 e. The minimum atomic E-state index is -0.927. The zero-order valence-electron chi connectivity index (χ0n) is 24.1. The number of Topliss-reactive ketones (excluding diaryl/α,β-unsaturated/α-hetero) is 1. The Balaban J connectivity index is 1.58. The lowest BCUT2D eigenvalue weighted by atomic mass is 9.94. The minimum absolute atomic E-state index is 0.0178. The molecule has 4 aromatic rings. The first kappa shape index (κ1) is 28.7. The number of hydrogen-bond acceptors (Lipinski definition) is 8. The van der Waals surface area contributed by atoms with Crippen LogP contribution in [0.3, 0.4) is 0 Å². The summed E-state index contributed by atoms with van der Waals surface area (Å²) in [5.41, 5.74) is 1.63. The molecule has 0 spiro atoms. The Kier molecular flexibility index (Phi) is 8.47. The number of pyridine rings is 1. The molecule has 0 saturated heterocycles. The first-order chi connectivity index (χ1) is 20.3. The van der Waals surface area contributed by atoms with Gasteiger partial charge in [-0.25, -0.2) is 0 Å². The lowest BCUT2D eigenvalue weighted by molar-refractivity contribution is -0.130. The van der Waals surface area contributed by atoms with E-state index in [2.05, 4.69) is 18.8 Å². The summed E-state index contributed by atoms with van der Waals surface area (Å²) in [6.45, 7) is 7.14. The van der Waals surface area contributed by atoms with E-state index in [1.807, 2.05) is 13.0 Å². The van der Waals surface area contributed by atoms with Crippen LogP contribution in [0.4, 0.5) is 0 Å². The molecule has 5 rings (SSSR count). The van der Waals surface area contributed by atoms with Gasteiger partial charge in [-0.2, -0.15) is 0 Å². The molecule has 42 heavy (non-hydrogen) atoms. The van der Waals surface area contributed by atoms with Crippen LogP contribution in [0.2, 0.25) is 0 Å². The molecule has 0 aliphatic carbocycles. The number of ketones is 1. The van der Waals surface area contributed by atoms with Gasteiger partial charge in [-0.05, 0) is 60.7 Å². The van der Waals surface area contributed by atoms with Crippen LogP contribution in [0.25, 0.3) is 11.0 Å². The van der Waals surface area contributed by atoms with Gasteiger partial charge in [-0.15, -0.1) is 0 Å². The fraction of sp³-hybridized carbons (Fsp3) is 0.303. The van der Waals surface area contributed by atoms with Gasteiger partial charge in [-0.1, -0.05) is 38.1 Å². The summed E-state index contributed by atoms with van der Waals surface area (Å²) in [5, 5.41) is 11.8. The van der Waals surface area contributed by atoms with Crippen LogP contribution in [0.15, 0.2) is 82.7 Å². The average Bonchev–Trinajstić information content (AvgIpc) is 3.53. The van der Waals surface area contributed by atoms with E-state index in [0.29, 0.717) is 52.9 Å². The first-order valence-electron chi connectivity index (χ1n) is 14.0. The number of aliphatic hydroxyl groups excluding tert-OH is 1. The highest BCUT2D eigenvalue weighted by molar-refractivity contribution is 6.16. The van der Waals surface area contributed by atoms with E-state index in [1.54, 1.807) is 60.9 Å².